The molecular formula is C21H25ClN4O3. The second-order valence-corrected chi connectivity index (χ2v) is 7.13. The van der Waals surface area contributed by atoms with Crippen LogP contribution in [0.15, 0.2) is 48.5 Å². The van der Waals surface area contributed by atoms with E-state index in [1.165, 1.54) is 0 Å². The Balaban J connectivity index is 1.39. The van der Waals surface area contributed by atoms with Crippen LogP contribution in [0.1, 0.15) is 5.56 Å². The minimum Gasteiger partial charge on any atom is -0.496 e. The minimum atomic E-state index is -0.246. The number of benzene rings is 2. The number of hydrogen-bond acceptors (Lipinski definition) is 4. The quantitative estimate of drug-likeness (QED) is 0.758. The fraction of sp³-hybridized carbons (Fsp3) is 0.333. The van der Waals surface area contributed by atoms with E-state index in [9.17, 15) is 9.59 Å². The first kappa shape index (κ1) is 20.8. The lowest BCUT2D eigenvalue weighted by atomic mass is 10.2. The third-order valence-corrected chi connectivity index (χ3v) is 5.08. The third-order valence-electron chi connectivity index (χ3n) is 4.83. The standard InChI is InChI=1S/C21H25ClN4O3/c1-29-19-5-3-2-4-16(19)14-23-20(27)15-24-21(28)26-12-10-25(11-13-26)18-8-6-17(22)7-9-18/h2-9H,10-15H2,1H3,(H,23,27)(H,24,28). The van der Waals surface area contributed by atoms with E-state index in [1.807, 2.05) is 48.5 Å². The third kappa shape index (κ3) is 5.77. The highest BCUT2D eigenvalue weighted by Crippen LogP contribution is 2.19. The van der Waals surface area contributed by atoms with Crippen LogP contribution in [-0.4, -0.2) is 56.7 Å². The summed E-state index contributed by atoms with van der Waals surface area (Å²) in [4.78, 5) is 28.3. The molecule has 3 rings (SSSR count). The fourth-order valence-electron chi connectivity index (χ4n) is 3.19. The first-order valence-corrected chi connectivity index (χ1v) is 9.86. The van der Waals surface area contributed by atoms with E-state index in [0.29, 0.717) is 24.7 Å². The molecule has 0 atom stereocenters. The maximum absolute atomic E-state index is 12.3. The van der Waals surface area contributed by atoms with Crippen molar-refractivity contribution in [2.24, 2.45) is 0 Å². The molecule has 0 spiro atoms. The molecule has 8 heteroatoms. The van der Waals surface area contributed by atoms with Crippen molar-refractivity contribution in [3.63, 3.8) is 0 Å². The van der Waals surface area contributed by atoms with Gasteiger partial charge in [-0.1, -0.05) is 29.8 Å². The number of halogens is 1. The van der Waals surface area contributed by atoms with Crippen LogP contribution in [0.3, 0.4) is 0 Å². The molecule has 1 fully saturated rings. The summed E-state index contributed by atoms with van der Waals surface area (Å²) in [6.07, 6.45) is 0. The van der Waals surface area contributed by atoms with Gasteiger partial charge in [0.15, 0.2) is 0 Å². The highest BCUT2D eigenvalue weighted by Gasteiger charge is 2.21. The summed E-state index contributed by atoms with van der Waals surface area (Å²) in [7, 11) is 1.59. The molecule has 29 heavy (non-hydrogen) atoms. The van der Waals surface area contributed by atoms with Crippen LogP contribution in [0.5, 0.6) is 5.75 Å². The van der Waals surface area contributed by atoms with Gasteiger partial charge in [-0.05, 0) is 30.3 Å². The lowest BCUT2D eigenvalue weighted by Gasteiger charge is -2.36. The second kappa shape index (κ2) is 10.0. The molecule has 0 saturated carbocycles. The van der Waals surface area contributed by atoms with Gasteiger partial charge in [-0.15, -0.1) is 0 Å². The summed E-state index contributed by atoms with van der Waals surface area (Å²) in [6, 6.07) is 14.9. The molecule has 0 unspecified atom stereocenters. The van der Waals surface area contributed by atoms with Gasteiger partial charge in [-0.25, -0.2) is 4.79 Å². The zero-order valence-corrected chi connectivity index (χ0v) is 17.1. The first-order chi connectivity index (χ1) is 14.1. The summed E-state index contributed by atoms with van der Waals surface area (Å²) in [5.41, 5.74) is 1.97. The Labute approximate surface area is 175 Å². The lowest BCUT2D eigenvalue weighted by molar-refractivity contribution is -0.120. The number of para-hydroxylation sites is 1. The average molecular weight is 417 g/mol. The van der Waals surface area contributed by atoms with Gasteiger partial charge in [0.1, 0.15) is 5.75 Å². The Morgan fingerprint density at radius 1 is 1.00 bits per heavy atom. The number of urea groups is 1. The molecule has 2 N–H and O–H groups in total. The number of hydrogen-bond donors (Lipinski definition) is 2. The van der Waals surface area contributed by atoms with E-state index < -0.39 is 0 Å². The van der Waals surface area contributed by atoms with Gasteiger partial charge < -0.3 is 25.2 Å². The maximum Gasteiger partial charge on any atom is 0.317 e. The van der Waals surface area contributed by atoms with E-state index >= 15 is 0 Å². The Morgan fingerprint density at radius 2 is 1.69 bits per heavy atom. The van der Waals surface area contributed by atoms with Crippen molar-refractivity contribution in [2.75, 3.05) is 44.7 Å². The van der Waals surface area contributed by atoms with Crippen LogP contribution in [0, 0.1) is 0 Å². The predicted octanol–water partition coefficient (Wildman–Crippen LogP) is 2.50. The number of carbonyl (C=O) groups excluding carboxylic acids is 2. The molecule has 154 valence electrons. The molecule has 1 aliphatic rings. The number of piperazine rings is 1. The van der Waals surface area contributed by atoms with E-state index in [0.717, 1.165) is 30.1 Å². The van der Waals surface area contributed by atoms with Crippen molar-refractivity contribution in [3.8, 4) is 5.75 Å². The van der Waals surface area contributed by atoms with Crippen molar-refractivity contribution >= 4 is 29.2 Å². The van der Waals surface area contributed by atoms with Gasteiger partial charge in [0.25, 0.3) is 0 Å². The molecule has 1 heterocycles. The van der Waals surface area contributed by atoms with E-state index in [1.54, 1.807) is 12.0 Å². The predicted molar refractivity (Wildman–Crippen MR) is 113 cm³/mol. The van der Waals surface area contributed by atoms with Gasteiger partial charge >= 0.3 is 6.03 Å². The van der Waals surface area contributed by atoms with E-state index in [-0.39, 0.29) is 18.5 Å². The molecule has 0 bridgehead atoms. The van der Waals surface area contributed by atoms with Crippen molar-refractivity contribution in [1.82, 2.24) is 15.5 Å². The summed E-state index contributed by atoms with van der Waals surface area (Å²) >= 11 is 5.93. The Kier molecular flexibility index (Phi) is 7.19. The largest absolute Gasteiger partial charge is 0.496 e. The zero-order chi connectivity index (χ0) is 20.6. The summed E-state index contributed by atoms with van der Waals surface area (Å²) in [5, 5.41) is 6.19. The van der Waals surface area contributed by atoms with Crippen molar-refractivity contribution < 1.29 is 14.3 Å². The number of anilines is 1. The number of nitrogens with zero attached hydrogens (tertiary/aromatic N) is 2. The van der Waals surface area contributed by atoms with Crippen molar-refractivity contribution in [1.29, 1.82) is 0 Å². The number of amides is 3. The van der Waals surface area contributed by atoms with Gasteiger partial charge in [-0.3, -0.25) is 4.79 Å². The molecular weight excluding hydrogens is 392 g/mol. The normalized spacial score (nSPS) is 13.7. The number of ether oxygens (including phenoxy) is 1. The fourth-order valence-corrected chi connectivity index (χ4v) is 3.32. The molecule has 2 aromatic rings. The monoisotopic (exact) mass is 416 g/mol. The molecule has 0 aliphatic carbocycles. The minimum absolute atomic E-state index is 0.0641. The number of nitrogens with one attached hydrogen (secondary N) is 2. The van der Waals surface area contributed by atoms with Crippen LogP contribution >= 0.6 is 11.6 Å². The number of rotatable bonds is 6. The van der Waals surface area contributed by atoms with E-state index in [4.69, 9.17) is 16.3 Å². The second-order valence-electron chi connectivity index (χ2n) is 6.70. The van der Waals surface area contributed by atoms with Crippen LogP contribution in [0.25, 0.3) is 0 Å². The van der Waals surface area contributed by atoms with Crippen LogP contribution in [-0.2, 0) is 11.3 Å². The van der Waals surface area contributed by atoms with Gasteiger partial charge in [-0.2, -0.15) is 0 Å². The SMILES string of the molecule is COc1ccccc1CNC(=O)CNC(=O)N1CCN(c2ccc(Cl)cc2)CC1. The Bertz CT molecular complexity index is 836. The van der Waals surface area contributed by atoms with Crippen LogP contribution < -0.4 is 20.3 Å². The van der Waals surface area contributed by atoms with E-state index in [2.05, 4.69) is 15.5 Å². The zero-order valence-electron chi connectivity index (χ0n) is 16.4. The highest BCUT2D eigenvalue weighted by molar-refractivity contribution is 6.30. The summed E-state index contributed by atoms with van der Waals surface area (Å²) in [5.74, 6) is 0.472. The van der Waals surface area contributed by atoms with Gasteiger partial charge in [0.2, 0.25) is 5.91 Å². The van der Waals surface area contributed by atoms with Crippen LogP contribution in [0.2, 0.25) is 5.02 Å². The maximum atomic E-state index is 12.3. The summed E-state index contributed by atoms with van der Waals surface area (Å²) in [6.45, 7) is 2.93. The topological polar surface area (TPSA) is 73.9 Å². The molecule has 7 nitrogen and oxygen atoms in total. The number of carbonyl (C=O) groups is 2. The smallest absolute Gasteiger partial charge is 0.317 e. The van der Waals surface area contributed by atoms with Gasteiger partial charge in [0, 0.05) is 49.0 Å². The molecule has 1 saturated heterocycles. The first-order valence-electron chi connectivity index (χ1n) is 9.48. The Morgan fingerprint density at radius 3 is 2.38 bits per heavy atom. The number of methoxy groups -OCH3 is 1. The Hall–Kier alpha value is -2.93. The molecule has 3 amide bonds. The molecule has 1 aliphatic heterocycles. The van der Waals surface area contributed by atoms with Crippen molar-refractivity contribution in [2.45, 2.75) is 6.54 Å². The average Bonchev–Trinajstić information content (AvgIpc) is 2.77. The van der Waals surface area contributed by atoms with Gasteiger partial charge in [0.05, 0.1) is 13.7 Å². The molecule has 0 aromatic heterocycles. The summed E-state index contributed by atoms with van der Waals surface area (Å²) < 4.78 is 5.26. The van der Waals surface area contributed by atoms with Crippen molar-refractivity contribution in [3.05, 3.63) is 59.1 Å². The highest BCUT2D eigenvalue weighted by atomic mass is 35.5. The molecule has 0 radical (unpaired) electrons. The molecule has 2 aromatic carbocycles. The lowest BCUT2D eigenvalue weighted by Crippen LogP contribution is -2.53. The van der Waals surface area contributed by atoms with Crippen LogP contribution in [0.4, 0.5) is 10.5 Å².